The van der Waals surface area contributed by atoms with Crippen LogP contribution in [0.3, 0.4) is 0 Å². The van der Waals surface area contributed by atoms with E-state index < -0.39 is 11.7 Å². The fraction of sp³-hybridized carbons (Fsp3) is 0.200. The average Bonchev–Trinajstić information content (AvgIpc) is 3.13. The maximum Gasteiger partial charge on any atom is 0.254 e. The van der Waals surface area contributed by atoms with Crippen molar-refractivity contribution in [3.05, 3.63) is 71.8 Å². The number of aromatic nitrogens is 3. The van der Waals surface area contributed by atoms with E-state index in [4.69, 9.17) is 0 Å². The number of nitrogens with zero attached hydrogens (tertiary/aromatic N) is 3. The number of hydrogen-bond acceptors (Lipinski definition) is 5. The molecule has 0 atom stereocenters. The topological polar surface area (TPSA) is 88.9 Å². The fourth-order valence-electron chi connectivity index (χ4n) is 2.62. The average molecular weight is 413 g/mol. The second kappa shape index (κ2) is 9.83. The first-order valence-electron chi connectivity index (χ1n) is 9.01. The van der Waals surface area contributed by atoms with E-state index in [-0.39, 0.29) is 23.8 Å². The number of thioether (sulfide) groups is 1. The van der Waals surface area contributed by atoms with Crippen LogP contribution in [-0.4, -0.2) is 32.3 Å². The molecule has 0 fully saturated rings. The van der Waals surface area contributed by atoms with Crippen LogP contribution in [0, 0.1) is 5.82 Å². The number of nitrogens with one attached hydrogen (secondary N) is 2. The predicted octanol–water partition coefficient (Wildman–Crippen LogP) is 3.10. The molecule has 150 valence electrons. The van der Waals surface area contributed by atoms with Gasteiger partial charge in [0.2, 0.25) is 5.91 Å². The van der Waals surface area contributed by atoms with Gasteiger partial charge in [-0.05, 0) is 31.2 Å². The molecule has 2 aromatic carbocycles. The Morgan fingerprint density at radius 1 is 1.07 bits per heavy atom. The molecule has 0 radical (unpaired) electrons. The van der Waals surface area contributed by atoms with Gasteiger partial charge in [0.1, 0.15) is 5.82 Å². The Balaban J connectivity index is 1.57. The molecule has 0 bridgehead atoms. The molecule has 0 unspecified atom stereocenters. The van der Waals surface area contributed by atoms with Crippen molar-refractivity contribution in [1.82, 2.24) is 20.1 Å². The summed E-state index contributed by atoms with van der Waals surface area (Å²) >= 11 is 1.26. The molecule has 7 nitrogen and oxygen atoms in total. The molecule has 0 aliphatic heterocycles. The number of halogens is 1. The number of para-hydroxylation sites is 1. The van der Waals surface area contributed by atoms with Crippen molar-refractivity contribution in [2.24, 2.45) is 0 Å². The van der Waals surface area contributed by atoms with Crippen LogP contribution >= 0.6 is 11.8 Å². The highest BCUT2D eigenvalue weighted by Gasteiger charge is 2.16. The summed E-state index contributed by atoms with van der Waals surface area (Å²) in [5.41, 5.74) is 0.703. The van der Waals surface area contributed by atoms with E-state index in [1.54, 1.807) is 6.07 Å². The molecule has 2 N–H and O–H groups in total. The van der Waals surface area contributed by atoms with Gasteiger partial charge in [-0.1, -0.05) is 42.1 Å². The zero-order valence-corrected chi connectivity index (χ0v) is 16.6. The Morgan fingerprint density at radius 3 is 2.52 bits per heavy atom. The van der Waals surface area contributed by atoms with Crippen molar-refractivity contribution in [3.63, 3.8) is 0 Å². The largest absolute Gasteiger partial charge is 0.345 e. The summed E-state index contributed by atoms with van der Waals surface area (Å²) in [6, 6.07) is 15.0. The molecule has 2 amide bonds. The number of rotatable bonds is 8. The van der Waals surface area contributed by atoms with Gasteiger partial charge < -0.3 is 15.2 Å². The molecule has 1 aromatic heterocycles. The minimum atomic E-state index is -0.581. The monoisotopic (exact) mass is 413 g/mol. The van der Waals surface area contributed by atoms with Gasteiger partial charge in [-0.25, -0.2) is 4.39 Å². The molecule has 0 saturated heterocycles. The van der Waals surface area contributed by atoms with Gasteiger partial charge in [-0.3, -0.25) is 9.59 Å². The number of hydrogen-bond donors (Lipinski definition) is 2. The molecule has 3 rings (SSSR count). The number of anilines is 1. The SMILES string of the molecule is CCn1c(CNC(=O)c2ccccc2F)nnc1SCC(=O)Nc1ccccc1. The smallest absolute Gasteiger partial charge is 0.254 e. The van der Waals surface area contributed by atoms with Crippen LogP contribution in [-0.2, 0) is 17.9 Å². The lowest BCUT2D eigenvalue weighted by Gasteiger charge is -2.09. The van der Waals surface area contributed by atoms with Gasteiger partial charge in [-0.15, -0.1) is 10.2 Å². The van der Waals surface area contributed by atoms with Gasteiger partial charge >= 0.3 is 0 Å². The van der Waals surface area contributed by atoms with E-state index in [9.17, 15) is 14.0 Å². The van der Waals surface area contributed by atoms with Crippen LogP contribution in [0.5, 0.6) is 0 Å². The molecule has 0 aliphatic rings. The lowest BCUT2D eigenvalue weighted by Crippen LogP contribution is -2.25. The van der Waals surface area contributed by atoms with Gasteiger partial charge in [0.05, 0.1) is 17.9 Å². The van der Waals surface area contributed by atoms with Crippen molar-refractivity contribution in [1.29, 1.82) is 0 Å². The molecule has 9 heteroatoms. The zero-order chi connectivity index (χ0) is 20.6. The van der Waals surface area contributed by atoms with Crippen LogP contribution in [0.15, 0.2) is 59.8 Å². The number of carbonyl (C=O) groups is 2. The summed E-state index contributed by atoms with van der Waals surface area (Å²) in [7, 11) is 0. The first-order valence-corrected chi connectivity index (χ1v) is 9.99. The first kappa shape index (κ1) is 20.5. The van der Waals surface area contributed by atoms with Gasteiger partial charge in [0.15, 0.2) is 11.0 Å². The lowest BCUT2D eigenvalue weighted by molar-refractivity contribution is -0.113. The number of amides is 2. The van der Waals surface area contributed by atoms with E-state index >= 15 is 0 Å². The first-order chi connectivity index (χ1) is 14.1. The second-order valence-corrected chi connectivity index (χ2v) is 6.95. The predicted molar refractivity (Wildman–Crippen MR) is 109 cm³/mol. The third-order valence-electron chi connectivity index (χ3n) is 4.03. The van der Waals surface area contributed by atoms with Gasteiger partial charge in [0, 0.05) is 12.2 Å². The summed E-state index contributed by atoms with van der Waals surface area (Å²) in [6.07, 6.45) is 0. The summed E-state index contributed by atoms with van der Waals surface area (Å²) < 4.78 is 15.5. The van der Waals surface area contributed by atoms with E-state index in [0.717, 1.165) is 5.69 Å². The Labute approximate surface area is 171 Å². The van der Waals surface area contributed by atoms with Crippen LogP contribution in [0.25, 0.3) is 0 Å². The van der Waals surface area contributed by atoms with Crippen molar-refractivity contribution in [2.45, 2.75) is 25.2 Å². The Morgan fingerprint density at radius 2 is 1.79 bits per heavy atom. The van der Waals surface area contributed by atoms with E-state index in [2.05, 4.69) is 20.8 Å². The molecule has 0 aliphatic carbocycles. The van der Waals surface area contributed by atoms with E-state index in [1.807, 2.05) is 41.8 Å². The van der Waals surface area contributed by atoms with Gasteiger partial charge in [-0.2, -0.15) is 0 Å². The zero-order valence-electron chi connectivity index (χ0n) is 15.8. The third kappa shape index (κ3) is 5.41. The summed E-state index contributed by atoms with van der Waals surface area (Å²) in [5, 5.41) is 14.2. The van der Waals surface area contributed by atoms with Crippen molar-refractivity contribution in [2.75, 3.05) is 11.1 Å². The van der Waals surface area contributed by atoms with Crippen LogP contribution in [0.4, 0.5) is 10.1 Å². The maximum absolute atomic E-state index is 13.7. The standard InChI is InChI=1S/C20H20FN5O2S/c1-2-26-17(12-22-19(28)15-10-6-7-11-16(15)21)24-25-20(26)29-13-18(27)23-14-8-4-3-5-9-14/h3-11H,2,12-13H2,1H3,(H,22,28)(H,23,27). The second-order valence-electron chi connectivity index (χ2n) is 6.01. The summed E-state index contributed by atoms with van der Waals surface area (Å²) in [4.78, 5) is 24.3. The van der Waals surface area contributed by atoms with E-state index in [0.29, 0.717) is 17.5 Å². The van der Waals surface area contributed by atoms with Crippen molar-refractivity contribution in [3.8, 4) is 0 Å². The summed E-state index contributed by atoms with van der Waals surface area (Å²) in [6.45, 7) is 2.59. The van der Waals surface area contributed by atoms with E-state index in [1.165, 1.54) is 30.0 Å². The Hall–Kier alpha value is -3.20. The minimum Gasteiger partial charge on any atom is -0.345 e. The highest BCUT2D eigenvalue weighted by atomic mass is 32.2. The Bertz CT molecular complexity index is 994. The molecule has 29 heavy (non-hydrogen) atoms. The molecule has 1 heterocycles. The molecule has 0 spiro atoms. The third-order valence-corrected chi connectivity index (χ3v) is 4.99. The van der Waals surface area contributed by atoms with Crippen LogP contribution in [0.2, 0.25) is 0 Å². The van der Waals surface area contributed by atoms with Crippen LogP contribution < -0.4 is 10.6 Å². The molecular formula is C20H20FN5O2S. The molecule has 3 aromatic rings. The van der Waals surface area contributed by atoms with Gasteiger partial charge in [0.25, 0.3) is 5.91 Å². The molecular weight excluding hydrogens is 393 g/mol. The fourth-order valence-corrected chi connectivity index (χ4v) is 3.44. The summed E-state index contributed by atoms with van der Waals surface area (Å²) in [5.74, 6) is -0.550. The highest BCUT2D eigenvalue weighted by molar-refractivity contribution is 7.99. The minimum absolute atomic E-state index is 0.0257. The highest BCUT2D eigenvalue weighted by Crippen LogP contribution is 2.18. The quantitative estimate of drug-likeness (QED) is 0.554. The number of carbonyl (C=O) groups excluding carboxylic acids is 2. The molecule has 0 saturated carbocycles. The van der Waals surface area contributed by atoms with Crippen LogP contribution in [0.1, 0.15) is 23.1 Å². The number of benzene rings is 2. The maximum atomic E-state index is 13.7. The lowest BCUT2D eigenvalue weighted by atomic mass is 10.2. The normalized spacial score (nSPS) is 10.6. The Kier molecular flexibility index (Phi) is 6.96. The van der Waals surface area contributed by atoms with Crippen molar-refractivity contribution < 1.29 is 14.0 Å². The van der Waals surface area contributed by atoms with Crippen molar-refractivity contribution >= 4 is 29.3 Å².